The Morgan fingerprint density at radius 2 is 1.93 bits per heavy atom. The van der Waals surface area contributed by atoms with Crippen LogP contribution in [0.3, 0.4) is 0 Å². The zero-order valence-electron chi connectivity index (χ0n) is 24.6. The zero-order chi connectivity index (χ0) is 31.0. The molecule has 1 N–H and O–H groups in total. The second kappa shape index (κ2) is 10.4. The third-order valence-electron chi connectivity index (χ3n) is 9.63. The monoisotopic (exact) mass is 628 g/mol. The minimum Gasteiger partial charge on any atom is -0.387 e. The number of pyridine rings is 1. The summed E-state index contributed by atoms with van der Waals surface area (Å²) in [6.45, 7) is 4.01. The van der Waals surface area contributed by atoms with Crippen LogP contribution in [0.25, 0.3) is 22.2 Å². The summed E-state index contributed by atoms with van der Waals surface area (Å²) in [6, 6.07) is 11.5. The van der Waals surface area contributed by atoms with E-state index >= 15 is 4.39 Å². The second-order valence-electron chi connectivity index (χ2n) is 12.7. The Kier molecular flexibility index (Phi) is 6.57. The molecular formula is C33H30F2N6O3S. The van der Waals surface area contributed by atoms with Crippen LogP contribution in [0.15, 0.2) is 36.4 Å². The Bertz CT molecular complexity index is 1890. The van der Waals surface area contributed by atoms with Crippen molar-refractivity contribution in [2.75, 3.05) is 56.2 Å². The lowest BCUT2D eigenvalue weighted by Gasteiger charge is -2.61. The van der Waals surface area contributed by atoms with Crippen molar-refractivity contribution in [3.63, 3.8) is 0 Å². The molecule has 0 bridgehead atoms. The number of carbonyl (C=O) groups is 1. The SMILES string of the molecule is CN(c1nc(-c2ccc(F)cc2)c(C#N)s1)c1c2c(nc3c(F)cc(N4CC5(CN(C(=O)[C@@H]6CCOC6)C5)C4)cc13)[C@@H](O)CC2. The van der Waals surface area contributed by atoms with Crippen LogP contribution in [-0.4, -0.2) is 72.3 Å². The molecule has 2 atom stereocenters. The summed E-state index contributed by atoms with van der Waals surface area (Å²) >= 11 is 1.20. The average Bonchev–Trinajstić information content (AvgIpc) is 3.76. The lowest BCUT2D eigenvalue weighted by molar-refractivity contribution is -0.149. The molecule has 1 spiro atoms. The quantitative estimate of drug-likeness (QED) is 0.332. The normalized spacial score (nSPS) is 21.5. The van der Waals surface area contributed by atoms with E-state index in [1.54, 1.807) is 12.1 Å². The van der Waals surface area contributed by atoms with E-state index in [0.717, 1.165) is 30.8 Å². The van der Waals surface area contributed by atoms with Crippen molar-refractivity contribution in [1.82, 2.24) is 14.9 Å². The average molecular weight is 629 g/mol. The van der Waals surface area contributed by atoms with Crippen LogP contribution >= 0.6 is 11.3 Å². The van der Waals surface area contributed by atoms with E-state index in [9.17, 15) is 19.6 Å². The highest BCUT2D eigenvalue weighted by atomic mass is 32.1. The molecule has 45 heavy (non-hydrogen) atoms. The van der Waals surface area contributed by atoms with Crippen LogP contribution in [0.4, 0.5) is 25.3 Å². The van der Waals surface area contributed by atoms with Gasteiger partial charge in [-0.3, -0.25) is 4.79 Å². The number of aliphatic hydroxyl groups is 1. The molecule has 1 amide bonds. The Labute approximate surface area is 262 Å². The standard InChI is InChI=1S/C33H30F2N6O3S/c1-39(32-38-27(26(12-36)45-32)18-2-4-20(34)5-3-18)30-22-6-7-25(42)29(22)37-28-23(30)10-21(11-24(28)35)40-14-33(15-40)16-41(17-33)31(43)19-8-9-44-13-19/h2-5,10-11,19,25,42H,6-9,13-17H2,1H3/t19-,25+/m1/s1. The smallest absolute Gasteiger partial charge is 0.228 e. The maximum Gasteiger partial charge on any atom is 0.228 e. The predicted molar refractivity (Wildman–Crippen MR) is 165 cm³/mol. The molecule has 1 aliphatic carbocycles. The molecule has 230 valence electrons. The van der Waals surface area contributed by atoms with Crippen LogP contribution in [-0.2, 0) is 16.0 Å². The summed E-state index contributed by atoms with van der Waals surface area (Å²) in [5, 5.41) is 21.8. The number of fused-ring (bicyclic) bond motifs is 2. The van der Waals surface area contributed by atoms with Crippen molar-refractivity contribution in [2.24, 2.45) is 11.3 Å². The van der Waals surface area contributed by atoms with Gasteiger partial charge in [-0.05, 0) is 55.7 Å². The zero-order valence-corrected chi connectivity index (χ0v) is 25.4. The number of aromatic nitrogens is 2. The van der Waals surface area contributed by atoms with Gasteiger partial charge in [0.25, 0.3) is 0 Å². The first-order valence-electron chi connectivity index (χ1n) is 15.1. The topological polar surface area (TPSA) is 106 Å². The number of ether oxygens (including phenoxy) is 1. The number of benzene rings is 2. The summed E-state index contributed by atoms with van der Waals surface area (Å²) in [5.74, 6) is -0.719. The van der Waals surface area contributed by atoms with Crippen molar-refractivity contribution >= 4 is 44.7 Å². The van der Waals surface area contributed by atoms with Crippen LogP contribution in [0, 0.1) is 34.3 Å². The molecule has 4 aromatic rings. The van der Waals surface area contributed by atoms with E-state index in [-0.39, 0.29) is 28.6 Å². The molecule has 0 radical (unpaired) electrons. The number of nitrogens with zero attached hydrogens (tertiary/aromatic N) is 6. The molecule has 3 fully saturated rings. The highest BCUT2D eigenvalue weighted by Gasteiger charge is 2.54. The molecule has 3 saturated heterocycles. The van der Waals surface area contributed by atoms with E-state index in [0.29, 0.717) is 77.2 Å². The molecule has 0 unspecified atom stereocenters. The number of thiazole rings is 1. The second-order valence-corrected chi connectivity index (χ2v) is 13.6. The summed E-state index contributed by atoms with van der Waals surface area (Å²) in [7, 11) is 1.83. The van der Waals surface area contributed by atoms with Gasteiger partial charge in [0.2, 0.25) is 5.91 Å². The van der Waals surface area contributed by atoms with E-state index in [1.165, 1.54) is 29.5 Å². The van der Waals surface area contributed by atoms with Crippen molar-refractivity contribution < 1.29 is 23.4 Å². The summed E-state index contributed by atoms with van der Waals surface area (Å²) in [6.07, 6.45) is 1.02. The van der Waals surface area contributed by atoms with Crippen molar-refractivity contribution in [1.29, 1.82) is 5.26 Å². The molecule has 0 saturated carbocycles. The van der Waals surface area contributed by atoms with Gasteiger partial charge < -0.3 is 24.5 Å². The van der Waals surface area contributed by atoms with Crippen molar-refractivity contribution in [2.45, 2.75) is 25.4 Å². The van der Waals surface area contributed by atoms with Gasteiger partial charge in [-0.1, -0.05) is 11.3 Å². The Morgan fingerprint density at radius 3 is 2.64 bits per heavy atom. The number of hydrogen-bond donors (Lipinski definition) is 1. The number of hydrogen-bond acceptors (Lipinski definition) is 9. The number of nitriles is 1. The number of anilines is 3. The number of amides is 1. The number of aliphatic hydroxyl groups excluding tert-OH is 1. The Morgan fingerprint density at radius 1 is 1.16 bits per heavy atom. The van der Waals surface area contributed by atoms with Crippen LogP contribution in [0.2, 0.25) is 0 Å². The van der Waals surface area contributed by atoms with E-state index in [2.05, 4.69) is 16.0 Å². The molecule has 8 rings (SSSR count). The van der Waals surface area contributed by atoms with E-state index < -0.39 is 11.9 Å². The maximum atomic E-state index is 15.9. The molecule has 2 aromatic carbocycles. The van der Waals surface area contributed by atoms with Gasteiger partial charge in [0.05, 0.1) is 30.0 Å². The van der Waals surface area contributed by atoms with Gasteiger partial charge in [0.15, 0.2) is 10.9 Å². The summed E-state index contributed by atoms with van der Waals surface area (Å²) < 4.78 is 34.9. The first kappa shape index (κ1) is 28.3. The fourth-order valence-corrected chi connectivity index (χ4v) is 8.19. The van der Waals surface area contributed by atoms with Gasteiger partial charge in [0.1, 0.15) is 28.0 Å². The highest BCUT2D eigenvalue weighted by Crippen LogP contribution is 2.48. The van der Waals surface area contributed by atoms with Crippen LogP contribution < -0.4 is 9.80 Å². The van der Waals surface area contributed by atoms with Crippen LogP contribution in [0.5, 0.6) is 0 Å². The molecular weight excluding hydrogens is 598 g/mol. The van der Waals surface area contributed by atoms with Gasteiger partial charge in [-0.15, -0.1) is 0 Å². The number of halogens is 2. The lowest BCUT2D eigenvalue weighted by Crippen LogP contribution is -2.73. The fraction of sp³-hybridized carbons (Fsp3) is 0.394. The van der Waals surface area contributed by atoms with Gasteiger partial charge in [-0.2, -0.15) is 5.26 Å². The first-order chi connectivity index (χ1) is 21.7. The summed E-state index contributed by atoms with van der Waals surface area (Å²) in [4.78, 5) is 28.5. The van der Waals surface area contributed by atoms with Gasteiger partial charge >= 0.3 is 0 Å². The number of carbonyl (C=O) groups excluding carboxylic acids is 1. The minimum atomic E-state index is -0.799. The van der Waals surface area contributed by atoms with Crippen molar-refractivity contribution in [3.05, 3.63) is 64.2 Å². The minimum absolute atomic E-state index is 0.0197. The van der Waals surface area contributed by atoms with Crippen molar-refractivity contribution in [3.8, 4) is 17.3 Å². The Balaban J connectivity index is 1.13. The molecule has 4 aliphatic rings. The maximum absolute atomic E-state index is 15.9. The Hall–Kier alpha value is -4.18. The first-order valence-corrected chi connectivity index (χ1v) is 15.9. The van der Waals surface area contributed by atoms with Gasteiger partial charge in [-0.25, -0.2) is 18.7 Å². The highest BCUT2D eigenvalue weighted by molar-refractivity contribution is 7.16. The van der Waals surface area contributed by atoms with Gasteiger partial charge in [0, 0.05) is 67.4 Å². The van der Waals surface area contributed by atoms with E-state index in [4.69, 9.17) is 9.72 Å². The third-order valence-corrected chi connectivity index (χ3v) is 10.7. The molecule has 3 aliphatic heterocycles. The summed E-state index contributed by atoms with van der Waals surface area (Å²) in [5.41, 5.74) is 3.99. The number of rotatable bonds is 5. The fourth-order valence-electron chi connectivity index (χ4n) is 7.34. The lowest BCUT2D eigenvalue weighted by atomic mass is 9.72. The molecule has 2 aromatic heterocycles. The van der Waals surface area contributed by atoms with Crippen LogP contribution in [0.1, 0.15) is 35.1 Å². The largest absolute Gasteiger partial charge is 0.387 e. The molecule has 12 heteroatoms. The number of likely N-dealkylation sites (tertiary alicyclic amines) is 1. The van der Waals surface area contributed by atoms with E-state index in [1.807, 2.05) is 22.9 Å². The third kappa shape index (κ3) is 4.56. The molecule has 5 heterocycles. The molecule has 9 nitrogen and oxygen atoms in total. The predicted octanol–water partition coefficient (Wildman–Crippen LogP) is 4.94.